The average molecular weight is 481 g/mol. The van der Waals surface area contributed by atoms with E-state index in [0.29, 0.717) is 13.0 Å². The molecule has 1 aliphatic heterocycles. The van der Waals surface area contributed by atoms with Gasteiger partial charge in [0.2, 0.25) is 5.91 Å². The van der Waals surface area contributed by atoms with E-state index in [2.05, 4.69) is 11.4 Å². The number of anilines is 1. The van der Waals surface area contributed by atoms with Crippen LogP contribution < -0.4 is 5.32 Å². The lowest BCUT2D eigenvalue weighted by Gasteiger charge is -2.25. The Morgan fingerprint density at radius 1 is 1.09 bits per heavy atom. The van der Waals surface area contributed by atoms with Gasteiger partial charge in [-0.2, -0.15) is 5.10 Å². The number of benzene rings is 1. The lowest BCUT2D eigenvalue weighted by molar-refractivity contribution is -0.134. The summed E-state index contributed by atoms with van der Waals surface area (Å²) in [4.78, 5) is 30.2. The zero-order chi connectivity index (χ0) is 23.2. The van der Waals surface area contributed by atoms with Crippen LogP contribution in [0.1, 0.15) is 41.1 Å². The largest absolute Gasteiger partial charge is 0.325 e. The number of carbonyl (C=O) groups excluding carboxylic acids is 2. The van der Waals surface area contributed by atoms with Crippen molar-refractivity contribution in [3.8, 4) is 0 Å². The number of nitrogens with one attached hydrogen (secondary N) is 1. The van der Waals surface area contributed by atoms with Gasteiger partial charge in [0.1, 0.15) is 0 Å². The molecule has 2 aromatic heterocycles. The standard InChI is InChI=1S/C25H28N4O2S2/c1-3-12-28(16-24(30)26-19-9-5-4-8-18(19)2)17-25(31)29-21(23-11-7-14-33-23)15-20(27-29)22-10-6-13-32-22/h4-11,13-14,21H,3,12,15-17H2,1-2H3,(H,26,30). The Morgan fingerprint density at radius 2 is 1.88 bits per heavy atom. The van der Waals surface area contributed by atoms with Crippen molar-refractivity contribution in [2.45, 2.75) is 32.7 Å². The molecule has 3 aromatic rings. The van der Waals surface area contributed by atoms with Gasteiger partial charge < -0.3 is 5.32 Å². The lowest BCUT2D eigenvalue weighted by Crippen LogP contribution is -2.42. The summed E-state index contributed by atoms with van der Waals surface area (Å²) in [6.07, 6.45) is 1.55. The van der Waals surface area contributed by atoms with Gasteiger partial charge in [-0.25, -0.2) is 5.01 Å². The second-order valence-corrected chi connectivity index (χ2v) is 10.00. The lowest BCUT2D eigenvalue weighted by atomic mass is 10.1. The number of nitrogens with zero attached hydrogens (tertiary/aromatic N) is 3. The predicted octanol–water partition coefficient (Wildman–Crippen LogP) is 5.15. The van der Waals surface area contributed by atoms with Crippen molar-refractivity contribution in [3.05, 3.63) is 74.6 Å². The molecule has 8 heteroatoms. The van der Waals surface area contributed by atoms with Gasteiger partial charge in [-0.15, -0.1) is 22.7 Å². The zero-order valence-electron chi connectivity index (χ0n) is 18.9. The summed E-state index contributed by atoms with van der Waals surface area (Å²) in [5.74, 6) is -0.207. The first-order valence-corrected chi connectivity index (χ1v) is 12.9. The fourth-order valence-corrected chi connectivity index (χ4v) is 5.47. The molecule has 4 rings (SSSR count). The summed E-state index contributed by atoms with van der Waals surface area (Å²) in [6.45, 7) is 4.98. The van der Waals surface area contributed by atoms with E-state index in [1.807, 2.05) is 72.0 Å². The van der Waals surface area contributed by atoms with E-state index < -0.39 is 0 Å². The molecule has 172 valence electrons. The molecule has 1 aromatic carbocycles. The molecule has 33 heavy (non-hydrogen) atoms. The zero-order valence-corrected chi connectivity index (χ0v) is 20.5. The van der Waals surface area contributed by atoms with Crippen molar-refractivity contribution in [1.29, 1.82) is 0 Å². The summed E-state index contributed by atoms with van der Waals surface area (Å²) in [7, 11) is 0. The quantitative estimate of drug-likeness (QED) is 0.461. The Hall–Kier alpha value is -2.81. The van der Waals surface area contributed by atoms with Crippen LogP contribution in [0, 0.1) is 6.92 Å². The minimum Gasteiger partial charge on any atom is -0.325 e. The summed E-state index contributed by atoms with van der Waals surface area (Å²) >= 11 is 3.28. The number of para-hydroxylation sites is 1. The summed E-state index contributed by atoms with van der Waals surface area (Å²) < 4.78 is 0. The number of amides is 2. The Balaban J connectivity index is 1.46. The number of aryl methyl sites for hydroxylation is 1. The monoisotopic (exact) mass is 480 g/mol. The van der Waals surface area contributed by atoms with Crippen molar-refractivity contribution in [2.75, 3.05) is 25.0 Å². The molecule has 0 radical (unpaired) electrons. The van der Waals surface area contributed by atoms with Crippen molar-refractivity contribution >= 4 is 45.9 Å². The highest BCUT2D eigenvalue weighted by Crippen LogP contribution is 2.36. The van der Waals surface area contributed by atoms with Gasteiger partial charge in [0.25, 0.3) is 5.91 Å². The molecule has 0 aliphatic carbocycles. The molecule has 0 spiro atoms. The van der Waals surface area contributed by atoms with Crippen LogP contribution in [0.25, 0.3) is 0 Å². The highest BCUT2D eigenvalue weighted by atomic mass is 32.1. The first-order chi connectivity index (χ1) is 16.0. The molecule has 0 bridgehead atoms. The second-order valence-electron chi connectivity index (χ2n) is 8.07. The molecule has 6 nitrogen and oxygen atoms in total. The highest BCUT2D eigenvalue weighted by Gasteiger charge is 2.34. The van der Waals surface area contributed by atoms with Crippen molar-refractivity contribution in [1.82, 2.24) is 9.91 Å². The third-order valence-electron chi connectivity index (χ3n) is 5.53. The number of hydrogen-bond donors (Lipinski definition) is 1. The topological polar surface area (TPSA) is 65.0 Å². The Labute approximate surface area is 202 Å². The van der Waals surface area contributed by atoms with Crippen LogP contribution in [0.2, 0.25) is 0 Å². The number of rotatable bonds is 9. The Morgan fingerprint density at radius 3 is 2.58 bits per heavy atom. The fraction of sp³-hybridized carbons (Fsp3) is 0.320. The van der Waals surface area contributed by atoms with Gasteiger partial charge in [-0.3, -0.25) is 14.5 Å². The average Bonchev–Trinajstić information content (AvgIpc) is 3.55. The summed E-state index contributed by atoms with van der Waals surface area (Å²) in [5.41, 5.74) is 2.75. The number of carbonyl (C=O) groups is 2. The molecule has 0 saturated carbocycles. The molecule has 3 heterocycles. The van der Waals surface area contributed by atoms with Gasteiger partial charge in [0.15, 0.2) is 0 Å². The highest BCUT2D eigenvalue weighted by molar-refractivity contribution is 7.12. The van der Waals surface area contributed by atoms with E-state index in [0.717, 1.165) is 33.1 Å². The predicted molar refractivity (Wildman–Crippen MR) is 136 cm³/mol. The molecule has 1 atom stereocenters. The van der Waals surface area contributed by atoms with Crippen LogP contribution >= 0.6 is 22.7 Å². The number of hydrazone groups is 1. The first-order valence-electron chi connectivity index (χ1n) is 11.1. The van der Waals surface area contributed by atoms with Crippen LogP contribution in [0.4, 0.5) is 5.69 Å². The fourth-order valence-electron chi connectivity index (χ4n) is 3.93. The molecule has 2 amide bonds. The first kappa shape index (κ1) is 23.4. The van der Waals surface area contributed by atoms with Gasteiger partial charge in [0, 0.05) is 17.0 Å². The SMILES string of the molecule is CCCN(CC(=O)Nc1ccccc1C)CC(=O)N1N=C(c2cccs2)CC1c1cccs1. The van der Waals surface area contributed by atoms with Gasteiger partial charge in [-0.1, -0.05) is 37.3 Å². The molecule has 0 fully saturated rings. The van der Waals surface area contributed by atoms with Crippen LogP contribution in [0.5, 0.6) is 0 Å². The van der Waals surface area contributed by atoms with Gasteiger partial charge in [-0.05, 0) is 54.4 Å². The van der Waals surface area contributed by atoms with Crippen molar-refractivity contribution in [3.63, 3.8) is 0 Å². The normalized spacial score (nSPS) is 15.7. The summed E-state index contributed by atoms with van der Waals surface area (Å²) in [5, 5.41) is 13.4. The van der Waals surface area contributed by atoms with E-state index in [1.165, 1.54) is 0 Å². The third-order valence-corrected chi connectivity index (χ3v) is 7.42. The van der Waals surface area contributed by atoms with Gasteiger partial charge in [0.05, 0.1) is 29.7 Å². The van der Waals surface area contributed by atoms with Crippen LogP contribution in [-0.4, -0.2) is 47.1 Å². The van der Waals surface area contributed by atoms with Crippen LogP contribution in [-0.2, 0) is 9.59 Å². The maximum absolute atomic E-state index is 13.4. The number of hydrogen-bond acceptors (Lipinski definition) is 6. The Bertz CT molecular complexity index is 1110. The molecule has 0 saturated heterocycles. The third kappa shape index (κ3) is 5.76. The van der Waals surface area contributed by atoms with Crippen LogP contribution in [0.3, 0.4) is 0 Å². The van der Waals surface area contributed by atoms with E-state index >= 15 is 0 Å². The summed E-state index contributed by atoms with van der Waals surface area (Å²) in [6, 6.07) is 15.7. The van der Waals surface area contributed by atoms with Gasteiger partial charge >= 0.3 is 0 Å². The van der Waals surface area contributed by atoms with Crippen molar-refractivity contribution < 1.29 is 9.59 Å². The van der Waals surface area contributed by atoms with Crippen molar-refractivity contribution in [2.24, 2.45) is 5.10 Å². The van der Waals surface area contributed by atoms with E-state index in [1.54, 1.807) is 27.7 Å². The molecule has 1 unspecified atom stereocenters. The minimum atomic E-state index is -0.121. The molecular formula is C25H28N4O2S2. The molecule has 1 N–H and O–H groups in total. The number of thiophene rings is 2. The van der Waals surface area contributed by atoms with E-state index in [4.69, 9.17) is 5.10 Å². The molecular weight excluding hydrogens is 452 g/mol. The maximum Gasteiger partial charge on any atom is 0.257 e. The van der Waals surface area contributed by atoms with E-state index in [9.17, 15) is 9.59 Å². The minimum absolute atomic E-state index is 0.0860. The molecule has 1 aliphatic rings. The Kier molecular flexibility index (Phi) is 7.69. The maximum atomic E-state index is 13.4. The van der Waals surface area contributed by atoms with E-state index in [-0.39, 0.29) is 30.9 Å². The smallest absolute Gasteiger partial charge is 0.257 e. The second kappa shape index (κ2) is 10.9. The van der Waals surface area contributed by atoms with Crippen LogP contribution in [0.15, 0.2) is 64.4 Å².